The minimum Gasteiger partial charge on any atom is -0.423 e. The Kier molecular flexibility index (Phi) is 3.32. The molecule has 1 saturated heterocycles. The normalized spacial score (nSPS) is 20.7. The SMILES string of the molecule is c1cncc(-c2noc([C@H]3CC34CCN(c3nc5ccccc5o3)CC4)n2)c1. The molecule has 0 amide bonds. The molecule has 7 heteroatoms. The van der Waals surface area contributed by atoms with Crippen molar-refractivity contribution >= 4 is 17.1 Å². The summed E-state index contributed by atoms with van der Waals surface area (Å²) in [5.41, 5.74) is 2.92. The number of fused-ring (bicyclic) bond motifs is 1. The van der Waals surface area contributed by atoms with Gasteiger partial charge >= 0.3 is 0 Å². The molecule has 1 saturated carbocycles. The van der Waals surface area contributed by atoms with Crippen molar-refractivity contribution in [2.75, 3.05) is 18.0 Å². The monoisotopic (exact) mass is 373 g/mol. The first kappa shape index (κ1) is 15.8. The molecule has 1 atom stereocenters. The van der Waals surface area contributed by atoms with E-state index in [9.17, 15) is 0 Å². The summed E-state index contributed by atoms with van der Waals surface area (Å²) in [5.74, 6) is 1.74. The molecular weight excluding hydrogens is 354 g/mol. The Balaban J connectivity index is 1.16. The molecule has 28 heavy (non-hydrogen) atoms. The average molecular weight is 373 g/mol. The van der Waals surface area contributed by atoms with Crippen LogP contribution in [0.15, 0.2) is 57.7 Å². The summed E-state index contributed by atoms with van der Waals surface area (Å²) >= 11 is 0. The molecule has 4 aromatic rings. The second-order valence-corrected chi connectivity index (χ2v) is 7.77. The number of piperidine rings is 1. The number of para-hydroxylation sites is 2. The molecule has 0 bridgehead atoms. The molecule has 2 aliphatic rings. The Morgan fingerprint density at radius 2 is 1.93 bits per heavy atom. The highest BCUT2D eigenvalue weighted by molar-refractivity contribution is 5.74. The maximum absolute atomic E-state index is 5.93. The van der Waals surface area contributed by atoms with Crippen molar-refractivity contribution in [2.45, 2.75) is 25.2 Å². The first-order chi connectivity index (χ1) is 13.8. The van der Waals surface area contributed by atoms with Crippen LogP contribution in [0.4, 0.5) is 6.01 Å². The maximum Gasteiger partial charge on any atom is 0.298 e. The van der Waals surface area contributed by atoms with Gasteiger partial charge in [-0.1, -0.05) is 17.3 Å². The van der Waals surface area contributed by atoms with E-state index < -0.39 is 0 Å². The zero-order chi connectivity index (χ0) is 18.6. The third-order valence-corrected chi connectivity index (χ3v) is 6.16. The highest BCUT2D eigenvalue weighted by Crippen LogP contribution is 2.64. The molecule has 2 fully saturated rings. The molecule has 7 nitrogen and oxygen atoms in total. The molecule has 3 aromatic heterocycles. The van der Waals surface area contributed by atoms with Gasteiger partial charge in [-0.25, -0.2) is 0 Å². The maximum atomic E-state index is 5.93. The minimum atomic E-state index is 0.279. The van der Waals surface area contributed by atoms with Crippen molar-refractivity contribution in [3.63, 3.8) is 0 Å². The molecule has 0 N–H and O–H groups in total. The highest BCUT2D eigenvalue weighted by atomic mass is 16.5. The number of oxazole rings is 1. The molecular formula is C21H19N5O2. The van der Waals surface area contributed by atoms with E-state index in [2.05, 4.69) is 25.0 Å². The van der Waals surface area contributed by atoms with Gasteiger partial charge in [-0.05, 0) is 48.9 Å². The van der Waals surface area contributed by atoms with Crippen molar-refractivity contribution in [3.05, 3.63) is 54.7 Å². The minimum absolute atomic E-state index is 0.279. The summed E-state index contributed by atoms with van der Waals surface area (Å²) in [4.78, 5) is 15.6. The summed E-state index contributed by atoms with van der Waals surface area (Å²) in [6, 6.07) is 12.5. The van der Waals surface area contributed by atoms with E-state index in [0.717, 1.165) is 60.9 Å². The lowest BCUT2D eigenvalue weighted by atomic mass is 9.91. The zero-order valence-electron chi connectivity index (χ0n) is 15.3. The number of pyridine rings is 1. The number of nitrogens with zero attached hydrogens (tertiary/aromatic N) is 5. The summed E-state index contributed by atoms with van der Waals surface area (Å²) in [6.45, 7) is 1.87. The van der Waals surface area contributed by atoms with Crippen molar-refractivity contribution < 1.29 is 8.94 Å². The number of aromatic nitrogens is 4. The van der Waals surface area contributed by atoms with Crippen LogP contribution < -0.4 is 4.90 Å². The molecule has 4 heterocycles. The molecule has 1 aromatic carbocycles. The van der Waals surface area contributed by atoms with Gasteiger partial charge in [-0.3, -0.25) is 4.98 Å². The Labute approximate surface area is 161 Å². The van der Waals surface area contributed by atoms with Crippen molar-refractivity contribution in [1.29, 1.82) is 0 Å². The Bertz CT molecular complexity index is 1090. The first-order valence-corrected chi connectivity index (χ1v) is 9.65. The largest absolute Gasteiger partial charge is 0.423 e. The van der Waals surface area contributed by atoms with E-state index >= 15 is 0 Å². The van der Waals surface area contributed by atoms with Gasteiger partial charge in [0.05, 0.1) is 0 Å². The van der Waals surface area contributed by atoms with Crippen LogP contribution in [0.2, 0.25) is 0 Å². The number of benzene rings is 1. The Morgan fingerprint density at radius 1 is 1.04 bits per heavy atom. The van der Waals surface area contributed by atoms with Crippen LogP contribution >= 0.6 is 0 Å². The third kappa shape index (κ3) is 2.50. The van der Waals surface area contributed by atoms with Crippen molar-refractivity contribution in [2.24, 2.45) is 5.41 Å². The summed E-state index contributed by atoms with van der Waals surface area (Å²) in [7, 11) is 0. The molecule has 140 valence electrons. The lowest BCUT2D eigenvalue weighted by Crippen LogP contribution is -2.35. The quantitative estimate of drug-likeness (QED) is 0.536. The topological polar surface area (TPSA) is 81.1 Å². The lowest BCUT2D eigenvalue weighted by Gasteiger charge is -2.31. The number of hydrogen-bond acceptors (Lipinski definition) is 7. The summed E-state index contributed by atoms with van der Waals surface area (Å²) < 4.78 is 11.5. The van der Waals surface area contributed by atoms with Crippen LogP contribution in [0, 0.1) is 5.41 Å². The van der Waals surface area contributed by atoms with Crippen LogP contribution in [0.1, 0.15) is 31.1 Å². The smallest absolute Gasteiger partial charge is 0.298 e. The molecule has 1 aliphatic heterocycles. The summed E-state index contributed by atoms with van der Waals surface area (Å²) in [5, 5.41) is 4.15. The molecule has 1 spiro atoms. The molecule has 6 rings (SSSR count). The standard InChI is InChI=1S/C21H19N5O2/c1-2-6-17-16(5-1)23-20(27-17)26-10-7-21(8-11-26)12-15(21)19-24-18(25-28-19)14-4-3-9-22-13-14/h1-6,9,13,15H,7-8,10-12H2/t15-/m1/s1. The number of rotatable bonds is 3. The van der Waals surface area contributed by atoms with Gasteiger partial charge in [0.25, 0.3) is 6.01 Å². The predicted molar refractivity (Wildman–Crippen MR) is 103 cm³/mol. The molecule has 0 radical (unpaired) electrons. The fourth-order valence-electron chi connectivity index (χ4n) is 4.38. The van der Waals surface area contributed by atoms with E-state index in [1.807, 2.05) is 36.4 Å². The third-order valence-electron chi connectivity index (χ3n) is 6.16. The predicted octanol–water partition coefficient (Wildman–Crippen LogP) is 4.05. The summed E-state index contributed by atoms with van der Waals surface area (Å²) in [6.07, 6.45) is 6.78. The van der Waals surface area contributed by atoms with Crippen LogP contribution in [0.5, 0.6) is 0 Å². The lowest BCUT2D eigenvalue weighted by molar-refractivity contribution is 0.321. The fraction of sp³-hybridized carbons (Fsp3) is 0.333. The van der Waals surface area contributed by atoms with E-state index in [0.29, 0.717) is 11.7 Å². The van der Waals surface area contributed by atoms with Crippen LogP contribution in [-0.4, -0.2) is 33.2 Å². The second kappa shape index (κ2) is 5.89. The Hall–Kier alpha value is -3.22. The van der Waals surface area contributed by atoms with Gasteiger partial charge in [0.15, 0.2) is 5.58 Å². The van der Waals surface area contributed by atoms with E-state index in [4.69, 9.17) is 8.94 Å². The van der Waals surface area contributed by atoms with Gasteiger partial charge in [0.1, 0.15) is 5.52 Å². The highest BCUT2D eigenvalue weighted by Gasteiger charge is 2.58. The van der Waals surface area contributed by atoms with Crippen LogP contribution in [-0.2, 0) is 0 Å². The Morgan fingerprint density at radius 3 is 2.75 bits per heavy atom. The van der Waals surface area contributed by atoms with E-state index in [1.165, 1.54) is 0 Å². The van der Waals surface area contributed by atoms with Crippen LogP contribution in [0.3, 0.4) is 0 Å². The fourth-order valence-corrected chi connectivity index (χ4v) is 4.38. The molecule has 1 aliphatic carbocycles. The van der Waals surface area contributed by atoms with Gasteiger partial charge in [-0.2, -0.15) is 9.97 Å². The van der Waals surface area contributed by atoms with Gasteiger partial charge in [0, 0.05) is 37.0 Å². The van der Waals surface area contributed by atoms with Crippen molar-refractivity contribution in [1.82, 2.24) is 20.1 Å². The van der Waals surface area contributed by atoms with E-state index in [1.54, 1.807) is 12.4 Å². The van der Waals surface area contributed by atoms with Gasteiger partial charge < -0.3 is 13.8 Å². The van der Waals surface area contributed by atoms with Gasteiger partial charge in [0.2, 0.25) is 11.7 Å². The molecule has 0 unspecified atom stereocenters. The number of anilines is 1. The number of hydrogen-bond donors (Lipinski definition) is 0. The average Bonchev–Trinajstić information content (AvgIpc) is 3.13. The van der Waals surface area contributed by atoms with Crippen molar-refractivity contribution in [3.8, 4) is 11.4 Å². The van der Waals surface area contributed by atoms with Gasteiger partial charge in [-0.15, -0.1) is 0 Å². The first-order valence-electron chi connectivity index (χ1n) is 9.65. The van der Waals surface area contributed by atoms with Crippen LogP contribution in [0.25, 0.3) is 22.5 Å². The zero-order valence-corrected chi connectivity index (χ0v) is 15.3. The van der Waals surface area contributed by atoms with E-state index in [-0.39, 0.29) is 5.41 Å². The second-order valence-electron chi connectivity index (χ2n) is 7.77.